The summed E-state index contributed by atoms with van der Waals surface area (Å²) in [7, 11) is -0.903. The summed E-state index contributed by atoms with van der Waals surface area (Å²) in [6.45, 7) is 5.43. The van der Waals surface area contributed by atoms with Crippen molar-refractivity contribution in [3.63, 3.8) is 0 Å². The van der Waals surface area contributed by atoms with Gasteiger partial charge in [0.1, 0.15) is 6.54 Å². The molecule has 0 heterocycles. The molecule has 7 heteroatoms. The van der Waals surface area contributed by atoms with Gasteiger partial charge in [-0.05, 0) is 43.0 Å². The van der Waals surface area contributed by atoms with E-state index in [0.29, 0.717) is 12.1 Å². The first kappa shape index (κ1) is 21.9. The van der Waals surface area contributed by atoms with E-state index in [1.54, 1.807) is 6.07 Å². The summed E-state index contributed by atoms with van der Waals surface area (Å²) in [5.41, 5.74) is 3.22. The zero-order valence-electron chi connectivity index (χ0n) is 17.1. The minimum Gasteiger partial charge on any atom is -0.348 e. The molecular weight excluding hydrogens is 374 g/mol. The Hall–Kier alpha value is -2.38. The number of nitrogens with zero attached hydrogens (tertiary/aromatic N) is 2. The molecule has 0 fully saturated rings. The molecule has 0 aliphatic rings. The molecule has 1 N–H and O–H groups in total. The Morgan fingerprint density at radius 3 is 2.29 bits per heavy atom. The van der Waals surface area contributed by atoms with Crippen molar-refractivity contribution in [1.82, 2.24) is 9.62 Å². The highest BCUT2D eigenvalue weighted by Gasteiger charge is 2.29. The topological polar surface area (TPSA) is 69.7 Å². The van der Waals surface area contributed by atoms with Crippen molar-refractivity contribution < 1.29 is 13.2 Å². The molecule has 0 unspecified atom stereocenters. The Kier molecular flexibility index (Phi) is 7.21. The molecule has 2 aromatic rings. The number of rotatable bonds is 8. The van der Waals surface area contributed by atoms with E-state index in [4.69, 9.17) is 0 Å². The second kappa shape index (κ2) is 9.21. The van der Waals surface area contributed by atoms with E-state index >= 15 is 0 Å². The van der Waals surface area contributed by atoms with Gasteiger partial charge in [0.25, 0.3) is 0 Å². The molecule has 0 saturated carbocycles. The Balaban J connectivity index is 2.32. The van der Waals surface area contributed by atoms with Gasteiger partial charge >= 0.3 is 10.2 Å². The average molecular weight is 404 g/mol. The van der Waals surface area contributed by atoms with Crippen molar-refractivity contribution in [2.45, 2.75) is 33.2 Å². The zero-order valence-corrected chi connectivity index (χ0v) is 18.0. The quantitative estimate of drug-likeness (QED) is 0.736. The second-order valence-corrected chi connectivity index (χ2v) is 9.09. The predicted octanol–water partition coefficient (Wildman–Crippen LogP) is 3.18. The largest absolute Gasteiger partial charge is 0.348 e. The molecule has 0 aliphatic heterocycles. The Bertz CT molecular complexity index is 912. The lowest BCUT2D eigenvalue weighted by molar-refractivity contribution is -0.120. The van der Waals surface area contributed by atoms with Crippen molar-refractivity contribution in [2.24, 2.45) is 0 Å². The summed E-state index contributed by atoms with van der Waals surface area (Å²) in [5.74, 6) is -0.345. The highest BCUT2D eigenvalue weighted by Crippen LogP contribution is 2.25. The molecule has 1 atom stereocenters. The van der Waals surface area contributed by atoms with Gasteiger partial charge in [0.2, 0.25) is 5.91 Å². The van der Waals surface area contributed by atoms with E-state index in [9.17, 15) is 13.2 Å². The van der Waals surface area contributed by atoms with Gasteiger partial charge in [0.15, 0.2) is 0 Å². The lowest BCUT2D eigenvalue weighted by Crippen LogP contribution is -2.46. The number of anilines is 1. The zero-order chi connectivity index (χ0) is 20.9. The van der Waals surface area contributed by atoms with Gasteiger partial charge in [-0.25, -0.2) is 4.31 Å². The molecule has 0 bridgehead atoms. The molecule has 0 aliphatic carbocycles. The first-order valence-corrected chi connectivity index (χ1v) is 10.7. The van der Waals surface area contributed by atoms with Crippen LogP contribution < -0.4 is 9.62 Å². The third-order valence-electron chi connectivity index (χ3n) is 4.61. The van der Waals surface area contributed by atoms with E-state index in [1.807, 2.05) is 63.2 Å². The van der Waals surface area contributed by atoms with E-state index in [-0.39, 0.29) is 18.5 Å². The van der Waals surface area contributed by atoms with Crippen LogP contribution >= 0.6 is 0 Å². The number of nitrogens with one attached hydrogen (secondary N) is 1. The molecule has 152 valence electrons. The monoisotopic (exact) mass is 403 g/mol. The molecule has 6 nitrogen and oxygen atoms in total. The summed E-state index contributed by atoms with van der Waals surface area (Å²) in [6, 6.07) is 15.1. The van der Waals surface area contributed by atoms with Gasteiger partial charge in [-0.1, -0.05) is 49.4 Å². The van der Waals surface area contributed by atoms with Gasteiger partial charge in [0, 0.05) is 14.1 Å². The van der Waals surface area contributed by atoms with Crippen LogP contribution in [0.4, 0.5) is 5.69 Å². The number of aryl methyl sites for hydroxylation is 2. The van der Waals surface area contributed by atoms with Gasteiger partial charge < -0.3 is 5.32 Å². The Morgan fingerprint density at radius 1 is 1.07 bits per heavy atom. The molecule has 0 spiro atoms. The summed E-state index contributed by atoms with van der Waals surface area (Å²) < 4.78 is 28.1. The van der Waals surface area contributed by atoms with Crippen LogP contribution in [0.5, 0.6) is 0 Å². The molecule has 2 aromatic carbocycles. The summed E-state index contributed by atoms with van der Waals surface area (Å²) in [4.78, 5) is 12.8. The fraction of sp³-hybridized carbons (Fsp3) is 0.381. The van der Waals surface area contributed by atoms with Gasteiger partial charge in [-0.15, -0.1) is 0 Å². The molecular formula is C21H29N3O3S. The van der Waals surface area contributed by atoms with Crippen LogP contribution in [0.3, 0.4) is 0 Å². The van der Waals surface area contributed by atoms with Crippen molar-refractivity contribution in [1.29, 1.82) is 0 Å². The first-order valence-electron chi connectivity index (χ1n) is 9.28. The Morgan fingerprint density at radius 2 is 1.71 bits per heavy atom. The van der Waals surface area contributed by atoms with Crippen LogP contribution in [0.25, 0.3) is 0 Å². The lowest BCUT2D eigenvalue weighted by Gasteiger charge is -2.29. The van der Waals surface area contributed by atoms with Crippen molar-refractivity contribution >= 4 is 21.8 Å². The van der Waals surface area contributed by atoms with Crippen LogP contribution in [0.1, 0.15) is 36.1 Å². The van der Waals surface area contributed by atoms with Crippen molar-refractivity contribution in [3.05, 3.63) is 65.2 Å². The summed E-state index contributed by atoms with van der Waals surface area (Å²) in [6.07, 6.45) is 0.708. The highest BCUT2D eigenvalue weighted by atomic mass is 32.2. The third kappa shape index (κ3) is 5.11. The van der Waals surface area contributed by atoms with E-state index in [0.717, 1.165) is 21.0 Å². The van der Waals surface area contributed by atoms with Gasteiger partial charge in [0.05, 0.1) is 11.7 Å². The fourth-order valence-corrected chi connectivity index (χ4v) is 4.07. The maximum Gasteiger partial charge on any atom is 0.304 e. The second-order valence-electron chi connectivity index (χ2n) is 7.03. The van der Waals surface area contributed by atoms with Crippen LogP contribution in [-0.4, -0.2) is 39.3 Å². The van der Waals surface area contributed by atoms with Crippen LogP contribution in [0.15, 0.2) is 48.5 Å². The molecule has 1 amide bonds. The number of hydrogen-bond acceptors (Lipinski definition) is 3. The van der Waals surface area contributed by atoms with E-state index in [1.165, 1.54) is 18.4 Å². The summed E-state index contributed by atoms with van der Waals surface area (Å²) in [5, 5.41) is 2.96. The SMILES string of the molecule is CC[C@@H](NC(=O)CN(c1cc(C)ccc1C)S(=O)(=O)N(C)C)c1ccccc1. The summed E-state index contributed by atoms with van der Waals surface area (Å²) >= 11 is 0. The predicted molar refractivity (Wildman–Crippen MR) is 113 cm³/mol. The van der Waals surface area contributed by atoms with Crippen LogP contribution in [0.2, 0.25) is 0 Å². The van der Waals surface area contributed by atoms with Crippen molar-refractivity contribution in [3.8, 4) is 0 Å². The standard InChI is InChI=1S/C21H29N3O3S/c1-6-19(18-10-8-7-9-11-18)22-21(25)15-24(28(26,27)23(4)5)20-14-16(2)12-13-17(20)3/h7-14,19H,6,15H2,1-5H3,(H,22,25)/t19-/m1/s1. The van der Waals surface area contributed by atoms with Crippen LogP contribution in [-0.2, 0) is 15.0 Å². The van der Waals surface area contributed by atoms with Crippen molar-refractivity contribution in [2.75, 3.05) is 24.9 Å². The van der Waals surface area contributed by atoms with Gasteiger partial charge in [-0.2, -0.15) is 12.7 Å². The van der Waals surface area contributed by atoms with Gasteiger partial charge in [-0.3, -0.25) is 4.79 Å². The number of amides is 1. The molecule has 0 saturated heterocycles. The van der Waals surface area contributed by atoms with Crippen LogP contribution in [0, 0.1) is 13.8 Å². The number of carbonyl (C=O) groups is 1. The van der Waals surface area contributed by atoms with E-state index in [2.05, 4.69) is 5.32 Å². The minimum absolute atomic E-state index is 0.170. The molecule has 0 radical (unpaired) electrons. The average Bonchev–Trinajstić information content (AvgIpc) is 2.66. The number of benzene rings is 2. The molecule has 28 heavy (non-hydrogen) atoms. The normalized spacial score (nSPS) is 12.6. The number of carbonyl (C=O) groups excluding carboxylic acids is 1. The van der Waals surface area contributed by atoms with E-state index < -0.39 is 10.2 Å². The molecule has 0 aromatic heterocycles. The fourth-order valence-electron chi connectivity index (χ4n) is 2.95. The number of hydrogen-bond donors (Lipinski definition) is 1. The third-order valence-corrected chi connectivity index (χ3v) is 6.41. The first-order chi connectivity index (χ1) is 13.2. The highest BCUT2D eigenvalue weighted by molar-refractivity contribution is 7.90. The maximum atomic E-state index is 12.9. The molecule has 2 rings (SSSR count). The maximum absolute atomic E-state index is 12.9. The lowest BCUT2D eigenvalue weighted by atomic mass is 10.0. The Labute approximate surface area is 168 Å². The smallest absolute Gasteiger partial charge is 0.304 e. The minimum atomic E-state index is -3.83.